The second-order valence-corrected chi connectivity index (χ2v) is 9.31. The van der Waals surface area contributed by atoms with Crippen LogP contribution in [0.15, 0.2) is 76.9 Å². The lowest BCUT2D eigenvalue weighted by Gasteiger charge is -2.32. The topological polar surface area (TPSA) is 74.0 Å². The highest BCUT2D eigenvalue weighted by Crippen LogP contribution is 2.42. The van der Waals surface area contributed by atoms with Crippen molar-refractivity contribution in [1.82, 2.24) is 0 Å². The van der Waals surface area contributed by atoms with Crippen LogP contribution in [0.1, 0.15) is 37.1 Å². The summed E-state index contributed by atoms with van der Waals surface area (Å²) in [4.78, 5) is 30.1. The Morgan fingerprint density at radius 1 is 0.971 bits per heavy atom. The Balaban J connectivity index is 1.54. The first-order valence-corrected chi connectivity index (χ1v) is 11.8. The Kier molecular flexibility index (Phi) is 5.92. The molecule has 34 heavy (non-hydrogen) atoms. The zero-order chi connectivity index (χ0) is 23.8. The predicted molar refractivity (Wildman–Crippen MR) is 132 cm³/mol. The fourth-order valence-corrected chi connectivity index (χ4v) is 4.79. The molecule has 1 unspecified atom stereocenters. The summed E-state index contributed by atoms with van der Waals surface area (Å²) in [5.74, 6) is -0.613. The quantitative estimate of drug-likeness (QED) is 0.293. The number of aliphatic hydroxyl groups excluding tert-OH is 1. The van der Waals surface area contributed by atoms with E-state index in [9.17, 15) is 14.7 Å². The van der Waals surface area contributed by atoms with Gasteiger partial charge in [-0.05, 0) is 79.4 Å². The summed E-state index contributed by atoms with van der Waals surface area (Å²) < 4.78 is 5.61. The van der Waals surface area contributed by atoms with E-state index in [1.165, 1.54) is 11.2 Å². The molecule has 6 nitrogen and oxygen atoms in total. The first-order valence-electron chi connectivity index (χ1n) is 11.4. The number of benzene rings is 2. The molecule has 0 spiro atoms. The number of piperidine rings is 1. The molecule has 2 aliphatic rings. The number of nitrogens with zero attached hydrogens (tertiary/aromatic N) is 2. The molecule has 3 aromatic rings. The van der Waals surface area contributed by atoms with E-state index in [0.29, 0.717) is 22.0 Å². The van der Waals surface area contributed by atoms with Gasteiger partial charge >= 0.3 is 0 Å². The highest BCUT2D eigenvalue weighted by atomic mass is 35.5. The number of amides is 1. The maximum Gasteiger partial charge on any atom is 0.300 e. The maximum absolute atomic E-state index is 13.2. The lowest BCUT2D eigenvalue weighted by Crippen LogP contribution is -2.33. The van der Waals surface area contributed by atoms with Gasteiger partial charge in [0.15, 0.2) is 0 Å². The van der Waals surface area contributed by atoms with Crippen molar-refractivity contribution in [3.63, 3.8) is 0 Å². The van der Waals surface area contributed by atoms with Gasteiger partial charge in [-0.2, -0.15) is 0 Å². The van der Waals surface area contributed by atoms with Crippen molar-refractivity contribution in [2.75, 3.05) is 22.9 Å². The molecule has 2 aliphatic heterocycles. The van der Waals surface area contributed by atoms with Crippen LogP contribution in [-0.4, -0.2) is 29.9 Å². The zero-order valence-corrected chi connectivity index (χ0v) is 19.5. The van der Waals surface area contributed by atoms with Crippen LogP contribution >= 0.6 is 11.6 Å². The van der Waals surface area contributed by atoms with E-state index in [1.807, 2.05) is 24.3 Å². The van der Waals surface area contributed by atoms with E-state index < -0.39 is 17.7 Å². The summed E-state index contributed by atoms with van der Waals surface area (Å²) in [7, 11) is 0. The number of carbonyl (C=O) groups is 2. The van der Waals surface area contributed by atoms with E-state index in [2.05, 4.69) is 11.8 Å². The molecule has 1 aromatic heterocycles. The molecule has 0 saturated carbocycles. The van der Waals surface area contributed by atoms with E-state index in [4.69, 9.17) is 16.0 Å². The first-order chi connectivity index (χ1) is 16.4. The first kappa shape index (κ1) is 22.3. The van der Waals surface area contributed by atoms with Crippen LogP contribution in [0.25, 0.3) is 5.76 Å². The summed E-state index contributed by atoms with van der Waals surface area (Å²) in [5, 5.41) is 11.6. The molecule has 5 rings (SSSR count). The summed E-state index contributed by atoms with van der Waals surface area (Å²) >= 11 is 5.97. The largest absolute Gasteiger partial charge is 0.507 e. The number of aliphatic hydroxyl groups is 1. The zero-order valence-electron chi connectivity index (χ0n) is 18.8. The van der Waals surface area contributed by atoms with Crippen LogP contribution in [0.3, 0.4) is 0 Å². The Bertz CT molecular complexity index is 1220. The molecule has 174 valence electrons. The SMILES string of the molecule is CC1CCN(c2ccc(N3C(=O)C(=O)/C(=C(\O)c4ccc(Cl)cc4)C3c3ccco3)cc2)CC1. The maximum atomic E-state index is 13.2. The number of anilines is 2. The summed E-state index contributed by atoms with van der Waals surface area (Å²) in [6, 6.07) is 16.6. The van der Waals surface area contributed by atoms with Gasteiger partial charge in [-0.3, -0.25) is 14.5 Å². The van der Waals surface area contributed by atoms with Gasteiger partial charge in [-0.25, -0.2) is 0 Å². The second-order valence-electron chi connectivity index (χ2n) is 8.88. The van der Waals surface area contributed by atoms with Gasteiger partial charge in [-0.1, -0.05) is 18.5 Å². The Hall–Kier alpha value is -3.51. The van der Waals surface area contributed by atoms with Gasteiger partial charge in [0.05, 0.1) is 11.8 Å². The second kappa shape index (κ2) is 9.03. The molecule has 7 heteroatoms. The van der Waals surface area contributed by atoms with Crippen molar-refractivity contribution in [3.8, 4) is 0 Å². The smallest absolute Gasteiger partial charge is 0.300 e. The molecule has 3 heterocycles. The van der Waals surface area contributed by atoms with Gasteiger partial charge < -0.3 is 14.4 Å². The Labute approximate surface area is 203 Å². The number of hydrogen-bond donors (Lipinski definition) is 1. The molecule has 0 bridgehead atoms. The average molecular weight is 477 g/mol. The monoisotopic (exact) mass is 476 g/mol. The molecule has 1 N–H and O–H groups in total. The van der Waals surface area contributed by atoms with E-state index in [-0.39, 0.29) is 11.3 Å². The lowest BCUT2D eigenvalue weighted by molar-refractivity contribution is -0.132. The molecule has 1 amide bonds. The standard InChI is InChI=1S/C27H25ClN2O4/c1-17-12-14-29(15-13-17)20-8-10-21(11-9-20)30-24(22-3-2-16-34-22)23(26(32)27(30)33)25(31)18-4-6-19(28)7-5-18/h2-11,16-17,24,31H,12-15H2,1H3/b25-23-. The summed E-state index contributed by atoms with van der Waals surface area (Å²) in [6.45, 7) is 4.27. The van der Waals surface area contributed by atoms with Crippen LogP contribution in [0.2, 0.25) is 5.02 Å². The number of rotatable bonds is 4. The highest BCUT2D eigenvalue weighted by Gasteiger charge is 2.48. The van der Waals surface area contributed by atoms with Crippen molar-refractivity contribution >= 4 is 40.4 Å². The van der Waals surface area contributed by atoms with Crippen molar-refractivity contribution < 1.29 is 19.1 Å². The fourth-order valence-electron chi connectivity index (χ4n) is 4.67. The Morgan fingerprint density at radius 3 is 2.24 bits per heavy atom. The van der Waals surface area contributed by atoms with E-state index in [0.717, 1.165) is 37.5 Å². The molecule has 0 aliphatic carbocycles. The minimum atomic E-state index is -0.882. The molecular weight excluding hydrogens is 452 g/mol. The minimum absolute atomic E-state index is 0.0173. The van der Waals surface area contributed by atoms with Gasteiger partial charge in [0.2, 0.25) is 0 Å². The van der Waals surface area contributed by atoms with Gasteiger partial charge in [0.25, 0.3) is 11.7 Å². The molecule has 1 atom stereocenters. The van der Waals surface area contributed by atoms with Gasteiger partial charge in [-0.15, -0.1) is 0 Å². The average Bonchev–Trinajstić information content (AvgIpc) is 3.47. The van der Waals surface area contributed by atoms with Crippen LogP contribution in [0.4, 0.5) is 11.4 Å². The van der Waals surface area contributed by atoms with Gasteiger partial charge in [0, 0.05) is 35.1 Å². The third kappa shape index (κ3) is 3.99. The third-order valence-corrected chi connectivity index (χ3v) is 6.90. The number of furan rings is 1. The van der Waals surface area contributed by atoms with Crippen LogP contribution < -0.4 is 9.80 Å². The molecule has 2 saturated heterocycles. The number of ketones is 1. The van der Waals surface area contributed by atoms with Gasteiger partial charge in [0.1, 0.15) is 17.6 Å². The van der Waals surface area contributed by atoms with Crippen molar-refractivity contribution in [1.29, 1.82) is 0 Å². The lowest BCUT2D eigenvalue weighted by atomic mass is 9.98. The van der Waals surface area contributed by atoms with Crippen LogP contribution in [0.5, 0.6) is 0 Å². The van der Waals surface area contributed by atoms with Crippen molar-refractivity contribution in [2.24, 2.45) is 5.92 Å². The summed E-state index contributed by atoms with van der Waals surface area (Å²) in [6.07, 6.45) is 3.79. The van der Waals surface area contributed by atoms with Crippen LogP contribution in [0, 0.1) is 5.92 Å². The number of hydrogen-bond acceptors (Lipinski definition) is 5. The summed E-state index contributed by atoms with van der Waals surface area (Å²) in [5.41, 5.74) is 2.03. The Morgan fingerprint density at radius 2 is 1.62 bits per heavy atom. The minimum Gasteiger partial charge on any atom is -0.507 e. The van der Waals surface area contributed by atoms with Crippen LogP contribution in [-0.2, 0) is 9.59 Å². The normalized spacial score (nSPS) is 20.8. The number of Topliss-reactive ketones (excluding diaryl/α,β-unsaturated/α-hetero) is 1. The molecule has 2 fully saturated rings. The highest BCUT2D eigenvalue weighted by molar-refractivity contribution is 6.51. The number of halogens is 1. The fraction of sp³-hybridized carbons (Fsp3) is 0.259. The van der Waals surface area contributed by atoms with E-state index >= 15 is 0 Å². The molecule has 0 radical (unpaired) electrons. The predicted octanol–water partition coefficient (Wildman–Crippen LogP) is 5.80. The molecular formula is C27H25ClN2O4. The third-order valence-electron chi connectivity index (χ3n) is 6.65. The molecule has 2 aromatic carbocycles. The number of carbonyl (C=O) groups excluding carboxylic acids is 2. The van der Waals surface area contributed by atoms with Crippen molar-refractivity contribution in [2.45, 2.75) is 25.8 Å². The van der Waals surface area contributed by atoms with E-state index in [1.54, 1.807) is 36.4 Å². The van der Waals surface area contributed by atoms with Crippen molar-refractivity contribution in [3.05, 3.63) is 88.8 Å².